The van der Waals surface area contributed by atoms with Crippen LogP contribution in [-0.2, 0) is 4.79 Å². The summed E-state index contributed by atoms with van der Waals surface area (Å²) in [5, 5.41) is 11.5. The Morgan fingerprint density at radius 3 is 2.58 bits per heavy atom. The standard InChI is InChI=1S/C33H38FN5O4/c1-5-21-17-23-29(30(42-7-3)27(21)28-24(34)9-8-10-25(28)40)35-32(43-22-11-14-37(4)18-22)36-31(23)38-15-12-33(13-16-38)19-39(20-33)26(41)6-2/h5-6,8-10,17,22,40H,1-2,7,11-16,18-20H2,3-4H3. The Balaban J connectivity index is 1.46. The lowest BCUT2D eigenvalue weighted by atomic mass is 9.72. The Hall–Kier alpha value is -4.18. The van der Waals surface area contributed by atoms with Crippen molar-refractivity contribution in [3.05, 3.63) is 54.9 Å². The number of phenols is 1. The van der Waals surface area contributed by atoms with E-state index >= 15 is 4.39 Å². The van der Waals surface area contributed by atoms with Crippen molar-refractivity contribution in [2.45, 2.75) is 32.3 Å². The third kappa shape index (κ3) is 5.29. The predicted molar refractivity (Wildman–Crippen MR) is 165 cm³/mol. The molecule has 3 fully saturated rings. The van der Waals surface area contributed by atoms with Gasteiger partial charge in [0.15, 0.2) is 5.75 Å². The fourth-order valence-electron chi connectivity index (χ4n) is 6.68. The van der Waals surface area contributed by atoms with Crippen LogP contribution in [0, 0.1) is 11.2 Å². The molecule has 2 aromatic carbocycles. The van der Waals surface area contributed by atoms with Crippen LogP contribution >= 0.6 is 0 Å². The van der Waals surface area contributed by atoms with Crippen molar-refractivity contribution in [2.75, 3.05) is 57.8 Å². The van der Waals surface area contributed by atoms with Gasteiger partial charge < -0.3 is 29.3 Å². The number of hydrogen-bond acceptors (Lipinski definition) is 8. The van der Waals surface area contributed by atoms with Crippen LogP contribution in [0.15, 0.2) is 43.5 Å². The molecule has 43 heavy (non-hydrogen) atoms. The van der Waals surface area contributed by atoms with Crippen LogP contribution in [0.4, 0.5) is 10.2 Å². The van der Waals surface area contributed by atoms with Gasteiger partial charge in [0.05, 0.1) is 12.2 Å². The van der Waals surface area contributed by atoms with E-state index in [4.69, 9.17) is 19.4 Å². The van der Waals surface area contributed by atoms with E-state index < -0.39 is 5.82 Å². The monoisotopic (exact) mass is 587 g/mol. The third-order valence-corrected chi connectivity index (χ3v) is 8.97. The molecule has 1 atom stereocenters. The molecule has 1 N–H and O–H groups in total. The van der Waals surface area contributed by atoms with Crippen LogP contribution in [0.5, 0.6) is 17.5 Å². The Morgan fingerprint density at radius 1 is 1.19 bits per heavy atom. The van der Waals surface area contributed by atoms with E-state index in [9.17, 15) is 9.90 Å². The van der Waals surface area contributed by atoms with E-state index in [0.717, 1.165) is 63.9 Å². The van der Waals surface area contributed by atoms with Gasteiger partial charge in [0.25, 0.3) is 0 Å². The molecule has 3 saturated heterocycles. The number of likely N-dealkylation sites (N-methyl/N-ethyl adjacent to an activating group) is 1. The van der Waals surface area contributed by atoms with Gasteiger partial charge in [-0.05, 0) is 63.1 Å². The van der Waals surface area contributed by atoms with Crippen molar-refractivity contribution in [3.8, 4) is 28.6 Å². The van der Waals surface area contributed by atoms with Gasteiger partial charge >= 0.3 is 6.01 Å². The zero-order valence-electron chi connectivity index (χ0n) is 24.8. The molecule has 1 amide bonds. The molecule has 1 unspecified atom stereocenters. The van der Waals surface area contributed by atoms with Crippen LogP contribution in [0.3, 0.4) is 0 Å². The first-order valence-corrected chi connectivity index (χ1v) is 14.9. The molecule has 3 aliphatic heterocycles. The highest BCUT2D eigenvalue weighted by Gasteiger charge is 2.46. The summed E-state index contributed by atoms with van der Waals surface area (Å²) in [5.41, 5.74) is 1.60. The Labute approximate surface area is 251 Å². The van der Waals surface area contributed by atoms with Gasteiger partial charge in [0.2, 0.25) is 5.91 Å². The zero-order chi connectivity index (χ0) is 30.3. The second-order valence-electron chi connectivity index (χ2n) is 11.8. The molecule has 0 bridgehead atoms. The normalized spacial score (nSPS) is 19.8. The number of ether oxygens (including phenoxy) is 2. The summed E-state index contributed by atoms with van der Waals surface area (Å²) in [6.07, 6.45) is 5.65. The van der Waals surface area contributed by atoms with Crippen LogP contribution in [-0.4, -0.2) is 89.8 Å². The van der Waals surface area contributed by atoms with E-state index in [2.05, 4.69) is 30.0 Å². The van der Waals surface area contributed by atoms with E-state index in [-0.39, 0.29) is 34.7 Å². The predicted octanol–water partition coefficient (Wildman–Crippen LogP) is 4.88. The van der Waals surface area contributed by atoms with Gasteiger partial charge in [-0.25, -0.2) is 4.39 Å². The molecule has 0 radical (unpaired) electrons. The number of aromatic hydroxyl groups is 1. The van der Waals surface area contributed by atoms with Gasteiger partial charge in [-0.15, -0.1) is 0 Å². The molecular formula is C33H38FN5O4. The number of rotatable bonds is 8. The maximum absolute atomic E-state index is 15.3. The summed E-state index contributed by atoms with van der Waals surface area (Å²) < 4.78 is 27.8. The average Bonchev–Trinajstić information content (AvgIpc) is 3.40. The second-order valence-corrected chi connectivity index (χ2v) is 11.8. The number of carbonyl (C=O) groups excluding carboxylic acids is 1. The summed E-state index contributed by atoms with van der Waals surface area (Å²) in [6, 6.07) is 6.37. The fraction of sp³-hybridized carbons (Fsp3) is 0.424. The van der Waals surface area contributed by atoms with Crippen LogP contribution in [0.25, 0.3) is 28.1 Å². The van der Waals surface area contributed by atoms with Crippen molar-refractivity contribution in [3.63, 3.8) is 0 Å². The van der Waals surface area contributed by atoms with E-state index in [1.165, 1.54) is 24.3 Å². The molecule has 3 aliphatic rings. The minimum Gasteiger partial charge on any atom is -0.507 e. The number of aromatic nitrogens is 2. The van der Waals surface area contributed by atoms with E-state index in [1.54, 1.807) is 6.08 Å². The first-order chi connectivity index (χ1) is 20.8. The van der Waals surface area contributed by atoms with Gasteiger partial charge in [0.1, 0.15) is 29.0 Å². The summed E-state index contributed by atoms with van der Waals surface area (Å²) >= 11 is 0. The van der Waals surface area contributed by atoms with Gasteiger partial charge in [-0.2, -0.15) is 9.97 Å². The molecule has 0 saturated carbocycles. The molecular weight excluding hydrogens is 549 g/mol. The van der Waals surface area contributed by atoms with Crippen molar-refractivity contribution in [1.29, 1.82) is 0 Å². The first kappa shape index (κ1) is 28.9. The topological polar surface area (TPSA) is 91.3 Å². The number of carbonyl (C=O) groups is 1. The molecule has 6 rings (SSSR count). The maximum atomic E-state index is 15.3. The number of fused-ring (bicyclic) bond motifs is 1. The molecule has 4 heterocycles. The summed E-state index contributed by atoms with van der Waals surface area (Å²) in [4.78, 5) is 28.2. The molecule has 3 aromatic rings. The Bertz CT molecular complexity index is 1560. The van der Waals surface area contributed by atoms with Crippen LogP contribution in [0.1, 0.15) is 31.7 Å². The average molecular weight is 588 g/mol. The second kappa shape index (κ2) is 11.5. The summed E-state index contributed by atoms with van der Waals surface area (Å²) in [6.45, 7) is 14.4. The van der Waals surface area contributed by atoms with E-state index in [0.29, 0.717) is 34.8 Å². The molecule has 1 aromatic heterocycles. The highest BCUT2D eigenvalue weighted by molar-refractivity contribution is 6.02. The number of hydrogen-bond donors (Lipinski definition) is 1. The number of benzene rings is 2. The Kier molecular flexibility index (Phi) is 7.72. The molecule has 1 spiro atoms. The quantitative estimate of drug-likeness (QED) is 0.373. The van der Waals surface area contributed by atoms with Crippen molar-refractivity contribution < 1.29 is 23.8 Å². The Morgan fingerprint density at radius 2 is 1.95 bits per heavy atom. The number of phenolic OH excluding ortho intramolecular Hbond substituents is 1. The van der Waals surface area contributed by atoms with Crippen molar-refractivity contribution in [1.82, 2.24) is 19.8 Å². The van der Waals surface area contributed by atoms with Crippen molar-refractivity contribution in [2.24, 2.45) is 5.41 Å². The highest BCUT2D eigenvalue weighted by Crippen LogP contribution is 2.47. The number of anilines is 1. The number of piperidine rings is 1. The lowest BCUT2D eigenvalue weighted by molar-refractivity contribution is -0.139. The van der Waals surface area contributed by atoms with Gasteiger partial charge in [-0.3, -0.25) is 4.79 Å². The highest BCUT2D eigenvalue weighted by atomic mass is 19.1. The van der Waals surface area contributed by atoms with Crippen LogP contribution < -0.4 is 14.4 Å². The third-order valence-electron chi connectivity index (χ3n) is 8.97. The minimum absolute atomic E-state index is 0.0219. The van der Waals surface area contributed by atoms with Crippen molar-refractivity contribution >= 4 is 28.7 Å². The zero-order valence-corrected chi connectivity index (χ0v) is 24.8. The largest absolute Gasteiger partial charge is 0.507 e. The number of nitrogens with zero attached hydrogens (tertiary/aromatic N) is 5. The summed E-state index contributed by atoms with van der Waals surface area (Å²) in [7, 11) is 2.06. The van der Waals surface area contributed by atoms with Gasteiger partial charge in [-0.1, -0.05) is 25.3 Å². The first-order valence-electron chi connectivity index (χ1n) is 14.9. The molecule has 226 valence electrons. The minimum atomic E-state index is -0.575. The lowest BCUT2D eigenvalue weighted by Gasteiger charge is -2.54. The smallest absolute Gasteiger partial charge is 0.319 e. The SMILES string of the molecule is C=CC(=O)N1CC2(CCN(c3nc(OC4CCN(C)C4)nc4c(OCC)c(-c5c(O)cccc5F)c(C=C)cc34)CC2)C1. The summed E-state index contributed by atoms with van der Waals surface area (Å²) in [5.74, 6) is 0.264. The van der Waals surface area contributed by atoms with Crippen LogP contribution in [0.2, 0.25) is 0 Å². The fourth-order valence-corrected chi connectivity index (χ4v) is 6.68. The number of amides is 1. The number of halogens is 1. The maximum Gasteiger partial charge on any atom is 0.319 e. The molecule has 9 nitrogen and oxygen atoms in total. The molecule has 10 heteroatoms. The lowest BCUT2D eigenvalue weighted by Crippen LogP contribution is -2.61. The van der Waals surface area contributed by atoms with Gasteiger partial charge in [0, 0.05) is 55.6 Å². The van der Waals surface area contributed by atoms with E-state index in [1.807, 2.05) is 17.9 Å². The molecule has 0 aliphatic carbocycles. The number of likely N-dealkylation sites (tertiary alicyclic amines) is 2.